The fourth-order valence-electron chi connectivity index (χ4n) is 2.11. The molecule has 3 N–H and O–H groups in total. The van der Waals surface area contributed by atoms with Gasteiger partial charge in [-0.3, -0.25) is 0 Å². The Labute approximate surface area is 125 Å². The maximum atomic E-state index is 13.7. The van der Waals surface area contributed by atoms with Gasteiger partial charge < -0.3 is 10.5 Å². The monoisotopic (exact) mass is 318 g/mol. The highest BCUT2D eigenvalue weighted by atomic mass is 32.2. The minimum Gasteiger partial charge on any atom is -0.492 e. The van der Waals surface area contributed by atoms with E-state index in [9.17, 15) is 12.8 Å². The van der Waals surface area contributed by atoms with E-state index in [-0.39, 0.29) is 22.4 Å². The van der Waals surface area contributed by atoms with E-state index >= 15 is 0 Å². The van der Waals surface area contributed by atoms with Crippen molar-refractivity contribution in [2.75, 3.05) is 12.8 Å². The van der Waals surface area contributed by atoms with Crippen molar-refractivity contribution in [1.29, 1.82) is 0 Å². The smallest absolute Gasteiger partial charge is 0.240 e. The van der Waals surface area contributed by atoms with Gasteiger partial charge in [-0.25, -0.2) is 17.5 Å². The van der Waals surface area contributed by atoms with Crippen LogP contribution in [0.25, 0.3) is 0 Å². The fraction of sp³-hybridized carbons (Fsp3) is 0.571. The topological polar surface area (TPSA) is 81.4 Å². The molecule has 0 saturated heterocycles. The summed E-state index contributed by atoms with van der Waals surface area (Å²) in [6.45, 7) is 5.88. The first-order valence-electron chi connectivity index (χ1n) is 6.86. The summed E-state index contributed by atoms with van der Waals surface area (Å²) in [6, 6.07) is 1.87. The third-order valence-corrected chi connectivity index (χ3v) is 4.94. The molecule has 0 spiro atoms. The summed E-state index contributed by atoms with van der Waals surface area (Å²) in [7, 11) is -2.54. The molecule has 0 amide bonds. The average Bonchev–Trinajstić information content (AvgIpc) is 2.37. The molecule has 0 aliphatic carbocycles. The largest absolute Gasteiger partial charge is 0.492 e. The summed E-state index contributed by atoms with van der Waals surface area (Å²) in [6.07, 6.45) is 1.68. The van der Waals surface area contributed by atoms with E-state index in [1.54, 1.807) is 6.92 Å². The summed E-state index contributed by atoms with van der Waals surface area (Å²) in [5.74, 6) is -0.547. The Hall–Kier alpha value is -1.34. The Kier molecular flexibility index (Phi) is 5.98. The average molecular weight is 318 g/mol. The van der Waals surface area contributed by atoms with Crippen LogP contribution in [0.1, 0.15) is 33.6 Å². The van der Waals surface area contributed by atoms with E-state index < -0.39 is 15.8 Å². The number of nitrogens with one attached hydrogen (secondary N) is 1. The molecule has 2 atom stereocenters. The lowest BCUT2D eigenvalue weighted by atomic mass is 10.0. The minimum absolute atomic E-state index is 0.0487. The van der Waals surface area contributed by atoms with Gasteiger partial charge in [-0.1, -0.05) is 20.3 Å². The highest BCUT2D eigenvalue weighted by Gasteiger charge is 2.21. The molecule has 0 aliphatic heterocycles. The van der Waals surface area contributed by atoms with E-state index in [4.69, 9.17) is 10.5 Å². The summed E-state index contributed by atoms with van der Waals surface area (Å²) >= 11 is 0. The van der Waals surface area contributed by atoms with Crippen molar-refractivity contribution in [2.24, 2.45) is 5.92 Å². The lowest BCUT2D eigenvalue weighted by Crippen LogP contribution is -2.33. The van der Waals surface area contributed by atoms with Crippen molar-refractivity contribution < 1.29 is 17.5 Å². The number of sulfonamides is 1. The van der Waals surface area contributed by atoms with Gasteiger partial charge in [0.05, 0.1) is 17.7 Å². The van der Waals surface area contributed by atoms with E-state index in [2.05, 4.69) is 11.6 Å². The van der Waals surface area contributed by atoms with Crippen LogP contribution in [0.3, 0.4) is 0 Å². The van der Waals surface area contributed by atoms with Crippen molar-refractivity contribution in [3.8, 4) is 5.75 Å². The van der Waals surface area contributed by atoms with Gasteiger partial charge >= 0.3 is 0 Å². The van der Waals surface area contributed by atoms with Crippen LogP contribution in [0.5, 0.6) is 5.75 Å². The maximum absolute atomic E-state index is 13.7. The Balaban J connectivity index is 2.98. The first-order valence-corrected chi connectivity index (χ1v) is 8.34. The number of methoxy groups -OCH3 is 1. The third-order valence-electron chi connectivity index (χ3n) is 3.37. The standard InChI is InChI=1S/C14H23FN2O3S/c1-5-9(2)6-10(3)17-21(18,19)11-7-12(15)14(20-4)13(16)8-11/h7-10,17H,5-6,16H2,1-4H3. The number of nitrogens with two attached hydrogens (primary N) is 1. The van der Waals surface area contributed by atoms with Gasteiger partial charge in [0.25, 0.3) is 0 Å². The highest BCUT2D eigenvalue weighted by Crippen LogP contribution is 2.28. The Morgan fingerprint density at radius 3 is 2.48 bits per heavy atom. The van der Waals surface area contributed by atoms with Crippen LogP contribution in [0.4, 0.5) is 10.1 Å². The van der Waals surface area contributed by atoms with Gasteiger partial charge in [0, 0.05) is 6.04 Å². The quantitative estimate of drug-likeness (QED) is 0.757. The van der Waals surface area contributed by atoms with E-state index in [0.717, 1.165) is 12.5 Å². The summed E-state index contributed by atoms with van der Waals surface area (Å²) < 4.78 is 45.5. The van der Waals surface area contributed by atoms with Gasteiger partial charge in [0.15, 0.2) is 11.6 Å². The highest BCUT2D eigenvalue weighted by molar-refractivity contribution is 7.89. The second-order valence-corrected chi connectivity index (χ2v) is 7.01. The number of anilines is 1. The van der Waals surface area contributed by atoms with Gasteiger partial charge in [-0.2, -0.15) is 0 Å². The molecule has 0 bridgehead atoms. The van der Waals surface area contributed by atoms with Crippen molar-refractivity contribution in [1.82, 2.24) is 4.72 Å². The number of hydrogen-bond acceptors (Lipinski definition) is 4. The number of nitrogen functional groups attached to an aromatic ring is 1. The summed E-state index contributed by atoms with van der Waals surface area (Å²) in [4.78, 5) is -0.200. The zero-order chi connectivity index (χ0) is 16.2. The number of hydrogen-bond donors (Lipinski definition) is 2. The molecule has 7 heteroatoms. The first kappa shape index (κ1) is 17.7. The molecule has 0 aromatic heterocycles. The van der Waals surface area contributed by atoms with E-state index in [1.807, 2.05) is 6.92 Å². The van der Waals surface area contributed by atoms with Crippen molar-refractivity contribution >= 4 is 15.7 Å². The van der Waals surface area contributed by atoms with Gasteiger partial charge in [-0.15, -0.1) is 0 Å². The molecular formula is C14H23FN2O3S. The second-order valence-electron chi connectivity index (χ2n) is 5.30. The first-order chi connectivity index (χ1) is 9.71. The van der Waals surface area contributed by atoms with Crippen LogP contribution >= 0.6 is 0 Å². The molecule has 0 fully saturated rings. The zero-order valence-corrected chi connectivity index (χ0v) is 13.6. The van der Waals surface area contributed by atoms with Gasteiger partial charge in [0.2, 0.25) is 10.0 Å². The molecule has 5 nitrogen and oxygen atoms in total. The molecule has 0 aliphatic rings. The van der Waals surface area contributed by atoms with Crippen LogP contribution in [0.2, 0.25) is 0 Å². The third kappa shape index (κ3) is 4.57. The zero-order valence-electron chi connectivity index (χ0n) is 12.8. The van der Waals surface area contributed by atoms with Crippen molar-refractivity contribution in [2.45, 2.75) is 44.6 Å². The predicted molar refractivity (Wildman–Crippen MR) is 81.2 cm³/mol. The number of halogens is 1. The molecule has 0 radical (unpaired) electrons. The van der Waals surface area contributed by atoms with Gasteiger partial charge in [0.1, 0.15) is 0 Å². The van der Waals surface area contributed by atoms with Crippen molar-refractivity contribution in [3.05, 3.63) is 17.9 Å². The maximum Gasteiger partial charge on any atom is 0.240 e. The molecule has 0 saturated carbocycles. The van der Waals surface area contributed by atoms with E-state index in [1.165, 1.54) is 13.2 Å². The molecule has 1 rings (SSSR count). The Morgan fingerprint density at radius 2 is 2.00 bits per heavy atom. The van der Waals surface area contributed by atoms with E-state index in [0.29, 0.717) is 12.3 Å². The summed E-state index contributed by atoms with van der Waals surface area (Å²) in [5.41, 5.74) is 5.56. The lowest BCUT2D eigenvalue weighted by molar-refractivity contribution is 0.388. The molecule has 0 heterocycles. The molecular weight excluding hydrogens is 295 g/mol. The Bertz CT molecular complexity index is 567. The SMILES string of the molecule is CCC(C)CC(C)NS(=O)(=O)c1cc(N)c(OC)c(F)c1. The van der Waals surface area contributed by atoms with Crippen LogP contribution < -0.4 is 15.2 Å². The van der Waals surface area contributed by atoms with Crippen LogP contribution in [-0.2, 0) is 10.0 Å². The summed E-state index contributed by atoms with van der Waals surface area (Å²) in [5, 5.41) is 0. The van der Waals surface area contributed by atoms with Crippen molar-refractivity contribution in [3.63, 3.8) is 0 Å². The minimum atomic E-state index is -3.81. The fourth-order valence-corrected chi connectivity index (χ4v) is 3.41. The molecule has 21 heavy (non-hydrogen) atoms. The molecule has 120 valence electrons. The van der Waals surface area contributed by atoms with Crippen LogP contribution in [-0.4, -0.2) is 21.6 Å². The normalized spacial score (nSPS) is 14.7. The van der Waals surface area contributed by atoms with Crippen LogP contribution in [0.15, 0.2) is 17.0 Å². The lowest BCUT2D eigenvalue weighted by Gasteiger charge is -2.18. The Morgan fingerprint density at radius 1 is 1.38 bits per heavy atom. The molecule has 2 unspecified atom stereocenters. The number of rotatable bonds is 7. The van der Waals surface area contributed by atoms with Crippen LogP contribution in [0, 0.1) is 11.7 Å². The predicted octanol–water partition coefficient (Wildman–Crippen LogP) is 2.52. The number of benzene rings is 1. The molecule has 1 aromatic carbocycles. The second kappa shape index (κ2) is 7.09. The number of ether oxygens (including phenoxy) is 1. The van der Waals surface area contributed by atoms with Gasteiger partial charge in [-0.05, 0) is 31.4 Å². The molecule has 1 aromatic rings.